The zero-order valence-electron chi connectivity index (χ0n) is 10.9. The van der Waals surface area contributed by atoms with E-state index in [4.69, 9.17) is 0 Å². The van der Waals surface area contributed by atoms with Crippen LogP contribution in [0.15, 0.2) is 42.5 Å². The topological polar surface area (TPSA) is 57.5 Å². The molecule has 0 heterocycles. The number of aromatic hydroxyl groups is 1. The van der Waals surface area contributed by atoms with Crippen molar-refractivity contribution in [1.82, 2.24) is 0 Å². The van der Waals surface area contributed by atoms with Crippen LogP contribution < -0.4 is 0 Å². The number of carboxylic acid groups (broad SMARTS) is 1. The third kappa shape index (κ3) is 2.60. The van der Waals surface area contributed by atoms with Crippen LogP contribution in [-0.4, -0.2) is 16.2 Å². The molecule has 2 rings (SSSR count). The van der Waals surface area contributed by atoms with Gasteiger partial charge in [0.1, 0.15) is 11.3 Å². The van der Waals surface area contributed by atoms with E-state index in [1.165, 1.54) is 6.07 Å². The van der Waals surface area contributed by atoms with E-state index in [1.807, 2.05) is 50.2 Å². The first-order chi connectivity index (χ1) is 9.00. The van der Waals surface area contributed by atoms with Crippen molar-refractivity contribution >= 4 is 5.97 Å². The third-order valence-corrected chi connectivity index (χ3v) is 3.11. The van der Waals surface area contributed by atoms with Gasteiger partial charge in [0.15, 0.2) is 0 Å². The van der Waals surface area contributed by atoms with Crippen LogP contribution in [0.3, 0.4) is 0 Å². The lowest BCUT2D eigenvalue weighted by Gasteiger charge is -2.13. The predicted molar refractivity (Wildman–Crippen MR) is 74.6 cm³/mol. The second-order valence-corrected chi connectivity index (χ2v) is 4.79. The molecule has 0 saturated heterocycles. The maximum atomic E-state index is 11.2. The number of hydrogen-bond donors (Lipinski definition) is 2. The molecule has 0 bridgehead atoms. The van der Waals surface area contributed by atoms with E-state index in [9.17, 15) is 15.0 Å². The van der Waals surface area contributed by atoms with Crippen molar-refractivity contribution in [3.05, 3.63) is 53.6 Å². The molecule has 0 aromatic heterocycles. The minimum absolute atomic E-state index is 0.0509. The monoisotopic (exact) mass is 256 g/mol. The summed E-state index contributed by atoms with van der Waals surface area (Å²) in [6.45, 7) is 3.99. The van der Waals surface area contributed by atoms with Gasteiger partial charge in [-0.1, -0.05) is 44.2 Å². The number of hydrogen-bond acceptors (Lipinski definition) is 2. The highest BCUT2D eigenvalue weighted by Gasteiger charge is 2.17. The summed E-state index contributed by atoms with van der Waals surface area (Å²) in [6.07, 6.45) is 0. The van der Waals surface area contributed by atoms with Crippen LogP contribution in [0.4, 0.5) is 0 Å². The second kappa shape index (κ2) is 5.14. The van der Waals surface area contributed by atoms with Crippen molar-refractivity contribution < 1.29 is 15.0 Å². The van der Waals surface area contributed by atoms with Crippen LogP contribution >= 0.6 is 0 Å². The van der Waals surface area contributed by atoms with Gasteiger partial charge >= 0.3 is 5.97 Å². The molecule has 2 aromatic rings. The maximum Gasteiger partial charge on any atom is 0.339 e. The average Bonchev–Trinajstić information content (AvgIpc) is 2.39. The largest absolute Gasteiger partial charge is 0.506 e. The van der Waals surface area contributed by atoms with Crippen LogP contribution in [0.2, 0.25) is 0 Å². The fraction of sp³-hybridized carbons (Fsp3) is 0.188. The van der Waals surface area contributed by atoms with Crippen molar-refractivity contribution in [3.8, 4) is 16.9 Å². The minimum Gasteiger partial charge on any atom is -0.506 e. The summed E-state index contributed by atoms with van der Waals surface area (Å²) in [5, 5.41) is 19.3. The van der Waals surface area contributed by atoms with Crippen LogP contribution in [-0.2, 0) is 0 Å². The Bertz CT molecular complexity index is 601. The van der Waals surface area contributed by atoms with Crippen molar-refractivity contribution in [1.29, 1.82) is 0 Å². The summed E-state index contributed by atoms with van der Waals surface area (Å²) in [7, 11) is 0. The van der Waals surface area contributed by atoms with Gasteiger partial charge in [-0.2, -0.15) is 0 Å². The van der Waals surface area contributed by atoms with E-state index in [0.29, 0.717) is 5.56 Å². The summed E-state index contributed by atoms with van der Waals surface area (Å²) in [5.41, 5.74) is 2.22. The zero-order valence-corrected chi connectivity index (χ0v) is 10.9. The van der Waals surface area contributed by atoms with Crippen LogP contribution in [0, 0.1) is 0 Å². The Morgan fingerprint density at radius 3 is 2.26 bits per heavy atom. The Hall–Kier alpha value is -2.29. The molecule has 0 aliphatic heterocycles. The molecule has 0 spiro atoms. The lowest BCUT2D eigenvalue weighted by Crippen LogP contribution is -2.01. The normalized spacial score (nSPS) is 10.7. The van der Waals surface area contributed by atoms with Gasteiger partial charge in [-0.05, 0) is 29.2 Å². The third-order valence-electron chi connectivity index (χ3n) is 3.11. The lowest BCUT2D eigenvalue weighted by molar-refractivity contribution is 0.0693. The summed E-state index contributed by atoms with van der Waals surface area (Å²) < 4.78 is 0. The van der Waals surface area contributed by atoms with Crippen LogP contribution in [0.25, 0.3) is 11.1 Å². The summed E-state index contributed by atoms with van der Waals surface area (Å²) in [4.78, 5) is 11.2. The van der Waals surface area contributed by atoms with Crippen molar-refractivity contribution in [2.24, 2.45) is 0 Å². The maximum absolute atomic E-state index is 11.2. The molecule has 2 aromatic carbocycles. The molecule has 0 aliphatic carbocycles. The average molecular weight is 256 g/mol. The van der Waals surface area contributed by atoms with Gasteiger partial charge in [-0.15, -0.1) is 0 Å². The Kier molecular flexibility index (Phi) is 3.56. The van der Waals surface area contributed by atoms with E-state index < -0.39 is 5.97 Å². The van der Waals surface area contributed by atoms with Gasteiger partial charge in [-0.3, -0.25) is 0 Å². The first-order valence-electron chi connectivity index (χ1n) is 6.16. The molecule has 0 saturated carbocycles. The van der Waals surface area contributed by atoms with Crippen molar-refractivity contribution in [2.75, 3.05) is 0 Å². The molecule has 0 unspecified atom stereocenters. The molecule has 0 radical (unpaired) electrons. The van der Waals surface area contributed by atoms with E-state index in [2.05, 4.69) is 0 Å². The molecular formula is C16H16O3. The summed E-state index contributed by atoms with van der Waals surface area (Å²) >= 11 is 0. The highest BCUT2D eigenvalue weighted by atomic mass is 16.4. The molecule has 0 atom stereocenters. The Morgan fingerprint density at radius 2 is 1.74 bits per heavy atom. The number of benzene rings is 2. The molecule has 0 amide bonds. The highest BCUT2D eigenvalue weighted by molar-refractivity contribution is 5.94. The molecular weight excluding hydrogens is 240 g/mol. The van der Waals surface area contributed by atoms with Gasteiger partial charge in [-0.25, -0.2) is 4.79 Å². The van der Waals surface area contributed by atoms with Crippen LogP contribution in [0.5, 0.6) is 5.75 Å². The quantitative estimate of drug-likeness (QED) is 0.876. The molecule has 98 valence electrons. The van der Waals surface area contributed by atoms with Gasteiger partial charge in [0.05, 0.1) is 0 Å². The molecule has 0 aliphatic rings. The molecule has 19 heavy (non-hydrogen) atoms. The molecule has 0 fully saturated rings. The first-order valence-corrected chi connectivity index (χ1v) is 6.16. The Balaban J connectivity index is 2.69. The standard InChI is InChI=1S/C16H16O3/c1-10(2)12-8-13(11-6-4-3-5-7-11)15(17)14(9-12)16(18)19/h3-10,17H,1-2H3,(H,18,19). The first kappa shape index (κ1) is 13.1. The summed E-state index contributed by atoms with van der Waals surface area (Å²) in [6, 6.07) is 12.7. The zero-order chi connectivity index (χ0) is 14.0. The second-order valence-electron chi connectivity index (χ2n) is 4.79. The fourth-order valence-corrected chi connectivity index (χ4v) is 1.99. The predicted octanol–water partition coefficient (Wildman–Crippen LogP) is 3.88. The van der Waals surface area contributed by atoms with Crippen molar-refractivity contribution in [2.45, 2.75) is 19.8 Å². The Labute approximate surface area is 112 Å². The Morgan fingerprint density at radius 1 is 1.11 bits per heavy atom. The van der Waals surface area contributed by atoms with E-state index in [-0.39, 0.29) is 17.2 Å². The molecule has 3 heteroatoms. The van der Waals surface area contributed by atoms with Gasteiger partial charge in [0.2, 0.25) is 0 Å². The summed E-state index contributed by atoms with van der Waals surface area (Å²) in [5.74, 6) is -1.10. The smallest absolute Gasteiger partial charge is 0.339 e. The van der Waals surface area contributed by atoms with E-state index in [0.717, 1.165) is 11.1 Å². The van der Waals surface area contributed by atoms with Crippen LogP contribution in [0.1, 0.15) is 35.7 Å². The molecule has 3 nitrogen and oxygen atoms in total. The number of carbonyl (C=O) groups is 1. The number of phenols is 1. The fourth-order valence-electron chi connectivity index (χ4n) is 1.99. The van der Waals surface area contributed by atoms with E-state index in [1.54, 1.807) is 0 Å². The van der Waals surface area contributed by atoms with Gasteiger partial charge < -0.3 is 10.2 Å². The lowest BCUT2D eigenvalue weighted by atomic mass is 9.93. The number of carboxylic acids is 1. The number of rotatable bonds is 3. The molecule has 2 N–H and O–H groups in total. The SMILES string of the molecule is CC(C)c1cc(C(=O)O)c(O)c(-c2ccccc2)c1. The van der Waals surface area contributed by atoms with Crippen molar-refractivity contribution in [3.63, 3.8) is 0 Å². The highest BCUT2D eigenvalue weighted by Crippen LogP contribution is 2.35. The van der Waals surface area contributed by atoms with E-state index >= 15 is 0 Å². The van der Waals surface area contributed by atoms with Gasteiger partial charge in [0, 0.05) is 5.56 Å². The van der Waals surface area contributed by atoms with Gasteiger partial charge in [0.25, 0.3) is 0 Å². The number of aromatic carboxylic acids is 1. The minimum atomic E-state index is -1.11.